The van der Waals surface area contributed by atoms with Crippen LogP contribution in [0.4, 0.5) is 0 Å². The fourth-order valence-electron chi connectivity index (χ4n) is 3.28. The molecule has 1 aromatic heterocycles. The quantitative estimate of drug-likeness (QED) is 0.901. The number of rotatable bonds is 3. The highest BCUT2D eigenvalue weighted by atomic mass is 32.2. The van der Waals surface area contributed by atoms with Gasteiger partial charge in [-0.25, -0.2) is 13.4 Å². The number of sulfonamides is 1. The van der Waals surface area contributed by atoms with Gasteiger partial charge in [-0.3, -0.25) is 0 Å². The molecule has 3 heterocycles. The van der Waals surface area contributed by atoms with E-state index in [1.165, 1.54) is 0 Å². The van der Waals surface area contributed by atoms with E-state index >= 15 is 0 Å². The van der Waals surface area contributed by atoms with Crippen LogP contribution in [0, 0.1) is 5.92 Å². The molecule has 1 atom stereocenters. The molecule has 1 unspecified atom stereocenters. The predicted octanol–water partition coefficient (Wildman–Crippen LogP) is 0.967. The Morgan fingerprint density at radius 3 is 2.62 bits per heavy atom. The van der Waals surface area contributed by atoms with Crippen molar-refractivity contribution in [1.82, 2.24) is 13.9 Å². The fraction of sp³-hybridized carbons (Fsp3) is 0.786. The standard InChI is InChI=1S/C14H24N4O2S/c1-11(15)12-5-8-18(9-6-12)21(19,20)14-10-17-7-3-2-4-13(17)16-14/h10-12H,2-9,15H2,1H3. The van der Waals surface area contributed by atoms with E-state index in [1.54, 1.807) is 10.5 Å². The molecule has 0 radical (unpaired) electrons. The summed E-state index contributed by atoms with van der Waals surface area (Å²) in [5, 5.41) is 0.221. The molecule has 0 saturated carbocycles. The van der Waals surface area contributed by atoms with Crippen molar-refractivity contribution in [3.8, 4) is 0 Å². The van der Waals surface area contributed by atoms with Gasteiger partial charge in [0, 0.05) is 38.3 Å². The number of nitrogens with zero attached hydrogens (tertiary/aromatic N) is 3. The first-order chi connectivity index (χ1) is 9.98. The lowest BCUT2D eigenvalue weighted by molar-refractivity contribution is 0.250. The molecule has 2 aliphatic rings. The van der Waals surface area contributed by atoms with Crippen LogP contribution in [0.15, 0.2) is 11.2 Å². The molecule has 118 valence electrons. The number of fused-ring (bicyclic) bond motifs is 1. The highest BCUT2D eigenvalue weighted by Gasteiger charge is 2.32. The van der Waals surface area contributed by atoms with Crippen LogP contribution in [0.2, 0.25) is 0 Å². The second kappa shape index (κ2) is 5.70. The first-order valence-corrected chi connectivity index (χ1v) is 9.24. The number of nitrogens with two attached hydrogens (primary N) is 1. The summed E-state index contributed by atoms with van der Waals surface area (Å²) in [5.41, 5.74) is 5.92. The zero-order chi connectivity index (χ0) is 15.0. The van der Waals surface area contributed by atoms with Crippen molar-refractivity contribution in [1.29, 1.82) is 0 Å². The number of hydrogen-bond donors (Lipinski definition) is 1. The Balaban J connectivity index is 1.77. The second-order valence-corrected chi connectivity index (χ2v) is 8.13. The third-order valence-electron chi connectivity index (χ3n) is 4.73. The summed E-state index contributed by atoms with van der Waals surface area (Å²) in [6.45, 7) is 3.98. The number of imidazole rings is 1. The summed E-state index contributed by atoms with van der Waals surface area (Å²) in [4.78, 5) is 4.36. The first-order valence-electron chi connectivity index (χ1n) is 7.80. The number of aryl methyl sites for hydroxylation is 2. The summed E-state index contributed by atoms with van der Waals surface area (Å²) in [6, 6.07) is 0.134. The number of hydrogen-bond acceptors (Lipinski definition) is 4. The molecular formula is C14H24N4O2S. The lowest BCUT2D eigenvalue weighted by Crippen LogP contribution is -2.42. The summed E-state index contributed by atoms with van der Waals surface area (Å²) < 4.78 is 29.0. The van der Waals surface area contributed by atoms with Crippen LogP contribution in [0.1, 0.15) is 38.4 Å². The van der Waals surface area contributed by atoms with E-state index in [4.69, 9.17) is 5.73 Å². The van der Waals surface area contributed by atoms with Crippen LogP contribution in [0.3, 0.4) is 0 Å². The molecule has 0 aliphatic carbocycles. The number of piperidine rings is 1. The normalized spacial score (nSPS) is 23.0. The van der Waals surface area contributed by atoms with Crippen molar-refractivity contribution < 1.29 is 8.42 Å². The molecule has 2 N–H and O–H groups in total. The lowest BCUT2D eigenvalue weighted by atomic mass is 9.92. The smallest absolute Gasteiger partial charge is 0.262 e. The Bertz CT molecular complexity index is 577. The summed E-state index contributed by atoms with van der Waals surface area (Å²) in [6.07, 6.45) is 6.46. The average Bonchev–Trinajstić information content (AvgIpc) is 2.92. The van der Waals surface area contributed by atoms with Crippen molar-refractivity contribution in [3.63, 3.8) is 0 Å². The molecule has 1 fully saturated rings. The van der Waals surface area contributed by atoms with Crippen LogP contribution < -0.4 is 5.73 Å². The highest BCUT2D eigenvalue weighted by Crippen LogP contribution is 2.26. The van der Waals surface area contributed by atoms with E-state index < -0.39 is 10.0 Å². The van der Waals surface area contributed by atoms with Crippen LogP contribution in [0.25, 0.3) is 0 Å². The van der Waals surface area contributed by atoms with E-state index in [-0.39, 0.29) is 11.1 Å². The van der Waals surface area contributed by atoms with Crippen LogP contribution in [-0.4, -0.2) is 41.4 Å². The van der Waals surface area contributed by atoms with E-state index in [0.29, 0.717) is 19.0 Å². The van der Waals surface area contributed by atoms with Crippen LogP contribution >= 0.6 is 0 Å². The Kier molecular flexibility index (Phi) is 4.07. The average molecular weight is 312 g/mol. The third-order valence-corrected chi connectivity index (χ3v) is 6.50. The van der Waals surface area contributed by atoms with E-state index in [0.717, 1.165) is 44.5 Å². The third kappa shape index (κ3) is 2.86. The van der Waals surface area contributed by atoms with Crippen molar-refractivity contribution in [3.05, 3.63) is 12.0 Å². The topological polar surface area (TPSA) is 81.2 Å². The van der Waals surface area contributed by atoms with Gasteiger partial charge in [-0.2, -0.15) is 4.31 Å². The minimum atomic E-state index is -3.44. The summed E-state index contributed by atoms with van der Waals surface area (Å²) in [5.74, 6) is 1.33. The molecule has 0 amide bonds. The molecule has 7 heteroatoms. The Morgan fingerprint density at radius 2 is 2.00 bits per heavy atom. The maximum Gasteiger partial charge on any atom is 0.262 e. The van der Waals surface area contributed by atoms with E-state index in [9.17, 15) is 8.42 Å². The van der Waals surface area contributed by atoms with Crippen LogP contribution in [-0.2, 0) is 23.0 Å². The van der Waals surface area contributed by atoms with Crippen molar-refractivity contribution in [2.24, 2.45) is 11.7 Å². The zero-order valence-corrected chi connectivity index (χ0v) is 13.3. The molecule has 0 aromatic carbocycles. The molecule has 6 nitrogen and oxygen atoms in total. The SMILES string of the molecule is CC(N)C1CCN(S(=O)(=O)c2cn3c(n2)CCCC3)CC1. The second-order valence-electron chi connectivity index (χ2n) is 6.25. The lowest BCUT2D eigenvalue weighted by Gasteiger charge is -2.32. The zero-order valence-electron chi connectivity index (χ0n) is 12.5. The minimum absolute atomic E-state index is 0.134. The molecular weight excluding hydrogens is 288 g/mol. The molecule has 1 aromatic rings. The summed E-state index contributed by atoms with van der Waals surface area (Å²) >= 11 is 0. The van der Waals surface area contributed by atoms with Gasteiger partial charge in [-0.15, -0.1) is 0 Å². The Labute approximate surface area is 126 Å². The molecule has 0 bridgehead atoms. The van der Waals surface area contributed by atoms with Gasteiger partial charge in [0.25, 0.3) is 10.0 Å². The molecule has 0 spiro atoms. The number of aromatic nitrogens is 2. The monoisotopic (exact) mass is 312 g/mol. The first kappa shape index (κ1) is 15.0. The van der Waals surface area contributed by atoms with Crippen molar-refractivity contribution in [2.45, 2.75) is 56.6 Å². The van der Waals surface area contributed by atoms with E-state index in [2.05, 4.69) is 4.98 Å². The van der Waals surface area contributed by atoms with Gasteiger partial charge in [0.15, 0.2) is 5.03 Å². The van der Waals surface area contributed by atoms with Gasteiger partial charge in [-0.1, -0.05) is 0 Å². The molecule has 21 heavy (non-hydrogen) atoms. The molecule has 2 aliphatic heterocycles. The van der Waals surface area contributed by atoms with Gasteiger partial charge in [0.05, 0.1) is 0 Å². The Hall–Kier alpha value is -0.920. The predicted molar refractivity (Wildman–Crippen MR) is 80.3 cm³/mol. The van der Waals surface area contributed by atoms with Gasteiger partial charge >= 0.3 is 0 Å². The maximum absolute atomic E-state index is 12.7. The minimum Gasteiger partial charge on any atom is -0.333 e. The summed E-state index contributed by atoms with van der Waals surface area (Å²) in [7, 11) is -3.44. The van der Waals surface area contributed by atoms with Gasteiger partial charge in [-0.05, 0) is 38.5 Å². The van der Waals surface area contributed by atoms with Crippen LogP contribution in [0.5, 0.6) is 0 Å². The van der Waals surface area contributed by atoms with Gasteiger partial charge in [0.1, 0.15) is 5.82 Å². The fourth-order valence-corrected chi connectivity index (χ4v) is 4.72. The Morgan fingerprint density at radius 1 is 1.29 bits per heavy atom. The highest BCUT2D eigenvalue weighted by molar-refractivity contribution is 7.89. The van der Waals surface area contributed by atoms with Gasteiger partial charge in [0.2, 0.25) is 0 Å². The maximum atomic E-state index is 12.7. The largest absolute Gasteiger partial charge is 0.333 e. The molecule has 3 rings (SSSR count). The van der Waals surface area contributed by atoms with E-state index in [1.807, 2.05) is 11.5 Å². The molecule has 1 saturated heterocycles. The van der Waals surface area contributed by atoms with Crippen molar-refractivity contribution in [2.75, 3.05) is 13.1 Å². The van der Waals surface area contributed by atoms with Gasteiger partial charge < -0.3 is 10.3 Å². The van der Waals surface area contributed by atoms with Crippen molar-refractivity contribution >= 4 is 10.0 Å².